The lowest BCUT2D eigenvalue weighted by Crippen LogP contribution is -2.45. The smallest absolute Gasteiger partial charge is 0.305 e. The van der Waals surface area contributed by atoms with Gasteiger partial charge in [-0.15, -0.1) is 0 Å². The van der Waals surface area contributed by atoms with E-state index in [0.717, 1.165) is 38.5 Å². The molecule has 2 atom stereocenters. The van der Waals surface area contributed by atoms with Crippen molar-refractivity contribution < 1.29 is 24.5 Å². The zero-order valence-electron chi connectivity index (χ0n) is 55.8. The Morgan fingerprint density at radius 1 is 0.329 bits per heavy atom. The van der Waals surface area contributed by atoms with Gasteiger partial charge in [0.2, 0.25) is 5.91 Å². The molecule has 2 unspecified atom stereocenters. The maximum Gasteiger partial charge on any atom is 0.305 e. The SMILES string of the molecule is CCCCCCCC/C=C\CCCCCCCCCCCC(=O)OCCCCCCCCCCCCCCCCCCCCCCCCCCCCC(=O)NC(CO)C(O)/C=C/CCCCCCCCCCCCCCCCCCCC. The monoisotopic (exact) mass is 1150 g/mol. The van der Waals surface area contributed by atoms with Crippen molar-refractivity contribution in [2.75, 3.05) is 13.2 Å². The molecule has 6 heteroatoms. The van der Waals surface area contributed by atoms with Crippen LogP contribution in [0.25, 0.3) is 0 Å². The van der Waals surface area contributed by atoms with E-state index in [1.165, 1.54) is 360 Å². The first-order valence-electron chi connectivity index (χ1n) is 37.6. The Morgan fingerprint density at radius 2 is 0.573 bits per heavy atom. The van der Waals surface area contributed by atoms with Crippen molar-refractivity contribution in [3.8, 4) is 0 Å². The highest BCUT2D eigenvalue weighted by Gasteiger charge is 2.18. The quantitative estimate of drug-likeness (QED) is 0.0320. The highest BCUT2D eigenvalue weighted by molar-refractivity contribution is 5.76. The summed E-state index contributed by atoms with van der Waals surface area (Å²) < 4.78 is 5.51. The van der Waals surface area contributed by atoms with Crippen LogP contribution >= 0.6 is 0 Å². The van der Waals surface area contributed by atoms with E-state index in [1.54, 1.807) is 6.08 Å². The van der Waals surface area contributed by atoms with Gasteiger partial charge in [-0.2, -0.15) is 0 Å². The van der Waals surface area contributed by atoms with Crippen LogP contribution in [0.15, 0.2) is 24.3 Å². The number of carbonyl (C=O) groups is 2. The molecule has 0 bridgehead atoms. The molecule has 0 aliphatic carbocycles. The Labute approximate surface area is 513 Å². The average molecular weight is 1160 g/mol. The third kappa shape index (κ3) is 67.5. The number of carbonyl (C=O) groups excluding carboxylic acids is 2. The van der Waals surface area contributed by atoms with Crippen LogP contribution in [0.4, 0.5) is 0 Å². The molecule has 0 spiro atoms. The molecule has 0 aromatic heterocycles. The largest absolute Gasteiger partial charge is 0.466 e. The van der Waals surface area contributed by atoms with Gasteiger partial charge in [-0.1, -0.05) is 378 Å². The van der Waals surface area contributed by atoms with Gasteiger partial charge in [0.05, 0.1) is 25.4 Å². The first-order chi connectivity index (χ1) is 40.5. The minimum absolute atomic E-state index is 0.0175. The summed E-state index contributed by atoms with van der Waals surface area (Å²) in [6.45, 7) is 4.95. The van der Waals surface area contributed by atoms with Crippen molar-refractivity contribution in [3.05, 3.63) is 24.3 Å². The third-order valence-corrected chi connectivity index (χ3v) is 17.7. The highest BCUT2D eigenvalue weighted by Crippen LogP contribution is 2.19. The van der Waals surface area contributed by atoms with Crippen molar-refractivity contribution >= 4 is 11.9 Å². The molecule has 0 radical (unpaired) electrons. The second kappa shape index (κ2) is 71.8. The topological polar surface area (TPSA) is 95.9 Å². The lowest BCUT2D eigenvalue weighted by Gasteiger charge is -2.20. The summed E-state index contributed by atoms with van der Waals surface area (Å²) in [5, 5.41) is 23.3. The van der Waals surface area contributed by atoms with Crippen molar-refractivity contribution in [2.45, 2.75) is 437 Å². The number of nitrogens with one attached hydrogen (secondary N) is 1. The van der Waals surface area contributed by atoms with E-state index in [9.17, 15) is 19.8 Å². The van der Waals surface area contributed by atoms with Gasteiger partial charge in [0.1, 0.15) is 0 Å². The standard InChI is InChI=1S/C76H147NO5/c1-3-5-7-9-11-13-15-17-19-21-23-33-36-40-44-48-52-56-60-64-68-74(79)73(72-78)77-75(80)69-65-61-57-53-49-45-41-37-34-30-28-26-24-25-27-29-31-35-39-43-47-51-55-59-63-67-71-82-76(81)70-66-62-58-54-50-46-42-38-32-22-20-18-16-14-12-10-8-6-4-2/h18,20,64,68,73-74,78-79H,3-17,19,21-63,65-67,69-72H2,1-2H3,(H,77,80)/b20-18-,68-64+. The highest BCUT2D eigenvalue weighted by atomic mass is 16.5. The number of unbranched alkanes of at least 4 members (excludes halogenated alkanes) is 58. The van der Waals surface area contributed by atoms with E-state index < -0.39 is 12.1 Å². The number of aliphatic hydroxyl groups excluding tert-OH is 2. The van der Waals surface area contributed by atoms with Gasteiger partial charge in [0.15, 0.2) is 0 Å². The van der Waals surface area contributed by atoms with Gasteiger partial charge < -0.3 is 20.3 Å². The Kier molecular flexibility index (Phi) is 70.4. The summed E-state index contributed by atoms with van der Waals surface area (Å²) in [6.07, 6.45) is 91.3. The molecule has 3 N–H and O–H groups in total. The molecule has 0 aromatic rings. The fourth-order valence-corrected chi connectivity index (χ4v) is 12.0. The van der Waals surface area contributed by atoms with Crippen LogP contribution in [0.2, 0.25) is 0 Å². The van der Waals surface area contributed by atoms with Crippen LogP contribution in [0.1, 0.15) is 425 Å². The Morgan fingerprint density at radius 3 is 0.866 bits per heavy atom. The van der Waals surface area contributed by atoms with Gasteiger partial charge in [-0.3, -0.25) is 9.59 Å². The molecule has 0 saturated carbocycles. The summed E-state index contributed by atoms with van der Waals surface area (Å²) in [5.74, 6) is -0.0439. The summed E-state index contributed by atoms with van der Waals surface area (Å²) >= 11 is 0. The fraction of sp³-hybridized carbons (Fsp3) is 0.921. The van der Waals surface area contributed by atoms with Gasteiger partial charge in [-0.05, 0) is 57.8 Å². The molecule has 0 aromatic carbocycles. The summed E-state index contributed by atoms with van der Waals surface area (Å²) in [5.41, 5.74) is 0. The predicted molar refractivity (Wildman–Crippen MR) is 361 cm³/mol. The van der Waals surface area contributed by atoms with E-state index in [4.69, 9.17) is 4.74 Å². The molecule has 1 amide bonds. The molecule has 82 heavy (non-hydrogen) atoms. The third-order valence-electron chi connectivity index (χ3n) is 17.7. The Bertz CT molecular complexity index is 1280. The number of ether oxygens (including phenoxy) is 1. The summed E-state index contributed by atoms with van der Waals surface area (Å²) in [7, 11) is 0. The van der Waals surface area contributed by atoms with Gasteiger partial charge >= 0.3 is 5.97 Å². The first-order valence-corrected chi connectivity index (χ1v) is 37.6. The van der Waals surface area contributed by atoms with Crippen LogP contribution in [0.3, 0.4) is 0 Å². The lowest BCUT2D eigenvalue weighted by atomic mass is 10.0. The van der Waals surface area contributed by atoms with Crippen LogP contribution in [-0.2, 0) is 14.3 Å². The minimum Gasteiger partial charge on any atom is -0.466 e. The fourth-order valence-electron chi connectivity index (χ4n) is 12.0. The number of hydrogen-bond acceptors (Lipinski definition) is 5. The lowest BCUT2D eigenvalue weighted by molar-refractivity contribution is -0.143. The molecular formula is C76H147NO5. The zero-order chi connectivity index (χ0) is 59.2. The molecule has 486 valence electrons. The molecule has 6 nitrogen and oxygen atoms in total. The first kappa shape index (κ1) is 80.3. The molecule has 0 aliphatic rings. The minimum atomic E-state index is -0.844. The summed E-state index contributed by atoms with van der Waals surface area (Å²) in [6, 6.07) is -0.627. The van der Waals surface area contributed by atoms with Crippen molar-refractivity contribution in [3.63, 3.8) is 0 Å². The van der Waals surface area contributed by atoms with E-state index in [-0.39, 0.29) is 18.5 Å². The molecule has 0 saturated heterocycles. The van der Waals surface area contributed by atoms with Gasteiger partial charge in [0.25, 0.3) is 0 Å². The van der Waals surface area contributed by atoms with Crippen molar-refractivity contribution in [1.29, 1.82) is 0 Å². The second-order valence-corrected chi connectivity index (χ2v) is 26.0. The number of rotatable bonds is 71. The molecule has 0 aliphatic heterocycles. The number of hydrogen-bond donors (Lipinski definition) is 3. The molecular weight excluding hydrogens is 1010 g/mol. The van der Waals surface area contributed by atoms with Crippen LogP contribution in [-0.4, -0.2) is 47.4 Å². The average Bonchev–Trinajstić information content (AvgIpc) is 3.48. The molecule has 0 rings (SSSR count). The van der Waals surface area contributed by atoms with Crippen molar-refractivity contribution in [1.82, 2.24) is 5.32 Å². The maximum atomic E-state index is 12.5. The van der Waals surface area contributed by atoms with Crippen LogP contribution in [0.5, 0.6) is 0 Å². The molecule has 0 heterocycles. The zero-order valence-corrected chi connectivity index (χ0v) is 55.8. The van der Waals surface area contributed by atoms with Crippen LogP contribution < -0.4 is 5.32 Å². The maximum absolute atomic E-state index is 12.5. The number of esters is 1. The van der Waals surface area contributed by atoms with E-state index in [2.05, 4.69) is 31.3 Å². The summed E-state index contributed by atoms with van der Waals surface area (Å²) in [4.78, 5) is 24.7. The van der Waals surface area contributed by atoms with E-state index in [1.807, 2.05) is 6.08 Å². The Hall–Kier alpha value is -1.66. The van der Waals surface area contributed by atoms with Gasteiger partial charge in [-0.25, -0.2) is 0 Å². The number of allylic oxidation sites excluding steroid dienone is 3. The van der Waals surface area contributed by atoms with E-state index in [0.29, 0.717) is 19.4 Å². The second-order valence-electron chi connectivity index (χ2n) is 26.0. The van der Waals surface area contributed by atoms with Crippen LogP contribution in [0, 0.1) is 0 Å². The number of aliphatic hydroxyl groups is 2. The van der Waals surface area contributed by atoms with Crippen molar-refractivity contribution in [2.24, 2.45) is 0 Å². The normalized spacial score (nSPS) is 12.6. The Balaban J connectivity index is 3.36. The number of amides is 1. The van der Waals surface area contributed by atoms with Gasteiger partial charge in [0, 0.05) is 12.8 Å². The van der Waals surface area contributed by atoms with E-state index >= 15 is 0 Å². The molecule has 0 fully saturated rings. The predicted octanol–water partition coefficient (Wildman–Crippen LogP) is 24.5.